The van der Waals surface area contributed by atoms with Crippen molar-refractivity contribution in [2.24, 2.45) is 0 Å². The molecule has 130 valence electrons. The van der Waals surface area contributed by atoms with Gasteiger partial charge in [-0.25, -0.2) is 4.98 Å². The van der Waals surface area contributed by atoms with E-state index < -0.39 is 0 Å². The molecule has 0 radical (unpaired) electrons. The molecule has 0 spiro atoms. The van der Waals surface area contributed by atoms with E-state index >= 15 is 0 Å². The molecule has 0 amide bonds. The highest BCUT2D eigenvalue weighted by atomic mass is 32.2. The van der Waals surface area contributed by atoms with Gasteiger partial charge in [-0.1, -0.05) is 42.1 Å². The van der Waals surface area contributed by atoms with Gasteiger partial charge in [-0.15, -0.1) is 0 Å². The first-order chi connectivity index (χ1) is 12.8. The van der Waals surface area contributed by atoms with Crippen LogP contribution in [-0.2, 0) is 13.1 Å². The summed E-state index contributed by atoms with van der Waals surface area (Å²) < 4.78 is 9.28. The molecular formula is C20H17N3O2S. The summed E-state index contributed by atoms with van der Waals surface area (Å²) in [5, 5.41) is 1.77. The third kappa shape index (κ3) is 2.25. The Hall–Kier alpha value is -2.73. The monoisotopic (exact) mass is 363 g/mol. The number of benzene rings is 2. The fraction of sp³-hybridized carbons (Fsp3) is 0.200. The summed E-state index contributed by atoms with van der Waals surface area (Å²) in [7, 11) is 1.65. The summed E-state index contributed by atoms with van der Waals surface area (Å²) in [4.78, 5) is 18.0. The van der Waals surface area contributed by atoms with Crippen molar-refractivity contribution in [2.75, 3.05) is 12.9 Å². The predicted molar refractivity (Wildman–Crippen MR) is 104 cm³/mol. The predicted octanol–water partition coefficient (Wildman–Crippen LogP) is 3.51. The minimum atomic E-state index is 0.0427. The third-order valence-corrected chi connectivity index (χ3v) is 5.82. The maximum absolute atomic E-state index is 13.2. The lowest BCUT2D eigenvalue weighted by atomic mass is 10.2. The minimum absolute atomic E-state index is 0.0427. The van der Waals surface area contributed by atoms with Crippen molar-refractivity contribution in [2.45, 2.75) is 18.2 Å². The quantitative estimate of drug-likeness (QED) is 0.523. The smallest absolute Gasteiger partial charge is 0.278 e. The van der Waals surface area contributed by atoms with Gasteiger partial charge in [-0.3, -0.25) is 9.36 Å². The molecule has 0 N–H and O–H groups in total. The Labute approximate surface area is 154 Å². The molecule has 0 saturated heterocycles. The van der Waals surface area contributed by atoms with E-state index in [0.717, 1.165) is 45.2 Å². The highest BCUT2D eigenvalue weighted by Gasteiger charge is 2.22. The van der Waals surface area contributed by atoms with Crippen molar-refractivity contribution < 1.29 is 4.74 Å². The standard InChI is InChI=1S/C20H17N3O2S/c1-25-14-7-8-16-15(11-14)17-18(19(24)22-9-10-26-20(22)21-17)23(16)12-13-5-3-2-4-6-13/h2-8,11H,9-10,12H2,1H3. The van der Waals surface area contributed by atoms with Crippen LogP contribution in [0, 0.1) is 0 Å². The van der Waals surface area contributed by atoms with Crippen molar-refractivity contribution in [1.29, 1.82) is 0 Å². The summed E-state index contributed by atoms with van der Waals surface area (Å²) in [6.45, 7) is 1.36. The molecule has 0 saturated carbocycles. The van der Waals surface area contributed by atoms with Gasteiger partial charge in [0.1, 0.15) is 16.8 Å². The van der Waals surface area contributed by atoms with Crippen LogP contribution >= 0.6 is 11.8 Å². The van der Waals surface area contributed by atoms with Crippen LogP contribution in [0.4, 0.5) is 0 Å². The maximum Gasteiger partial charge on any atom is 0.278 e. The number of aromatic nitrogens is 3. The zero-order chi connectivity index (χ0) is 17.7. The molecule has 5 rings (SSSR count). The topological polar surface area (TPSA) is 49.1 Å². The highest BCUT2D eigenvalue weighted by Crippen LogP contribution is 2.32. The first-order valence-corrected chi connectivity index (χ1v) is 9.52. The van der Waals surface area contributed by atoms with Gasteiger partial charge in [0, 0.05) is 24.2 Å². The van der Waals surface area contributed by atoms with E-state index in [1.54, 1.807) is 23.4 Å². The number of rotatable bonds is 3. The van der Waals surface area contributed by atoms with Crippen molar-refractivity contribution in [3.05, 3.63) is 64.4 Å². The van der Waals surface area contributed by atoms with Gasteiger partial charge in [0.25, 0.3) is 5.56 Å². The summed E-state index contributed by atoms with van der Waals surface area (Å²) in [5.74, 6) is 1.67. The minimum Gasteiger partial charge on any atom is -0.497 e. The van der Waals surface area contributed by atoms with Crippen LogP contribution in [0.2, 0.25) is 0 Å². The Morgan fingerprint density at radius 3 is 2.85 bits per heavy atom. The van der Waals surface area contributed by atoms with Crippen LogP contribution in [0.1, 0.15) is 5.56 Å². The molecule has 26 heavy (non-hydrogen) atoms. The Kier molecular flexibility index (Phi) is 3.53. The fourth-order valence-electron chi connectivity index (χ4n) is 3.61. The lowest BCUT2D eigenvalue weighted by molar-refractivity contribution is 0.415. The number of hydrogen-bond acceptors (Lipinski definition) is 4. The Morgan fingerprint density at radius 1 is 1.19 bits per heavy atom. The first-order valence-electron chi connectivity index (χ1n) is 8.54. The largest absolute Gasteiger partial charge is 0.497 e. The molecule has 3 heterocycles. The van der Waals surface area contributed by atoms with Crippen LogP contribution in [0.15, 0.2) is 58.5 Å². The average molecular weight is 363 g/mol. The number of fused-ring (bicyclic) bond motifs is 4. The molecule has 1 aliphatic heterocycles. The van der Waals surface area contributed by atoms with E-state index in [1.807, 2.05) is 36.4 Å². The van der Waals surface area contributed by atoms with Gasteiger partial charge >= 0.3 is 0 Å². The lowest BCUT2D eigenvalue weighted by Crippen LogP contribution is -2.22. The molecule has 1 aliphatic rings. The van der Waals surface area contributed by atoms with E-state index in [1.165, 1.54) is 0 Å². The van der Waals surface area contributed by atoms with Gasteiger partial charge < -0.3 is 9.30 Å². The first kappa shape index (κ1) is 15.5. The van der Waals surface area contributed by atoms with E-state index in [4.69, 9.17) is 9.72 Å². The summed E-state index contributed by atoms with van der Waals surface area (Å²) >= 11 is 1.64. The zero-order valence-corrected chi connectivity index (χ0v) is 15.1. The molecule has 0 fully saturated rings. The van der Waals surface area contributed by atoms with Crippen LogP contribution in [0.3, 0.4) is 0 Å². The average Bonchev–Trinajstić information content (AvgIpc) is 3.26. The zero-order valence-electron chi connectivity index (χ0n) is 14.3. The van der Waals surface area contributed by atoms with E-state index in [2.05, 4.69) is 16.7 Å². The Morgan fingerprint density at radius 2 is 2.04 bits per heavy atom. The molecule has 4 aromatic rings. The molecule has 0 unspecified atom stereocenters. The van der Waals surface area contributed by atoms with E-state index in [9.17, 15) is 4.79 Å². The molecule has 5 nitrogen and oxygen atoms in total. The molecule has 2 aromatic carbocycles. The summed E-state index contributed by atoms with van der Waals surface area (Å²) in [5.41, 5.74) is 3.63. The Bertz CT molecular complexity index is 1190. The van der Waals surface area contributed by atoms with E-state index in [-0.39, 0.29) is 5.56 Å². The second-order valence-corrected chi connectivity index (χ2v) is 7.41. The summed E-state index contributed by atoms with van der Waals surface area (Å²) in [6.07, 6.45) is 0. The lowest BCUT2D eigenvalue weighted by Gasteiger charge is -2.08. The molecule has 2 aromatic heterocycles. The van der Waals surface area contributed by atoms with Crippen molar-refractivity contribution in [1.82, 2.24) is 14.1 Å². The maximum atomic E-state index is 13.2. The number of methoxy groups -OCH3 is 1. The number of ether oxygens (including phenoxy) is 1. The second kappa shape index (κ2) is 5.92. The van der Waals surface area contributed by atoms with Gasteiger partial charge in [-0.05, 0) is 23.8 Å². The second-order valence-electron chi connectivity index (χ2n) is 6.35. The molecule has 0 atom stereocenters. The number of nitrogens with zero attached hydrogens (tertiary/aromatic N) is 3. The highest BCUT2D eigenvalue weighted by molar-refractivity contribution is 7.99. The fourth-order valence-corrected chi connectivity index (χ4v) is 4.55. The van der Waals surface area contributed by atoms with Gasteiger partial charge in [-0.2, -0.15) is 0 Å². The third-order valence-electron chi connectivity index (χ3n) is 4.86. The summed E-state index contributed by atoms with van der Waals surface area (Å²) in [6, 6.07) is 16.1. The molecule has 0 bridgehead atoms. The normalized spacial score (nSPS) is 13.4. The Balaban J connectivity index is 1.87. The van der Waals surface area contributed by atoms with Crippen LogP contribution < -0.4 is 10.3 Å². The van der Waals surface area contributed by atoms with Crippen LogP contribution in [-0.4, -0.2) is 27.0 Å². The van der Waals surface area contributed by atoms with Gasteiger partial charge in [0.2, 0.25) is 0 Å². The number of hydrogen-bond donors (Lipinski definition) is 0. The van der Waals surface area contributed by atoms with Gasteiger partial charge in [0.05, 0.1) is 12.6 Å². The SMILES string of the molecule is COc1ccc2c(c1)c1nc3n(c(=O)c1n2Cc1ccccc1)CCS3. The van der Waals surface area contributed by atoms with Crippen molar-refractivity contribution >= 4 is 33.7 Å². The van der Waals surface area contributed by atoms with Gasteiger partial charge in [0.15, 0.2) is 5.16 Å². The molecule has 6 heteroatoms. The number of thioether (sulfide) groups is 1. The van der Waals surface area contributed by atoms with Crippen molar-refractivity contribution in [3.8, 4) is 5.75 Å². The molecular weight excluding hydrogens is 346 g/mol. The molecule has 0 aliphatic carbocycles. The van der Waals surface area contributed by atoms with E-state index in [0.29, 0.717) is 12.1 Å². The van der Waals surface area contributed by atoms with Crippen LogP contribution in [0.25, 0.3) is 21.9 Å². The van der Waals surface area contributed by atoms with Crippen LogP contribution in [0.5, 0.6) is 5.75 Å². The van der Waals surface area contributed by atoms with Crippen molar-refractivity contribution in [3.63, 3.8) is 0 Å².